The van der Waals surface area contributed by atoms with Crippen molar-refractivity contribution in [3.05, 3.63) is 94.8 Å². The average molecular weight is 539 g/mol. The number of nitrogens with zero attached hydrogens (tertiary/aromatic N) is 2. The Labute approximate surface area is 232 Å². The zero-order chi connectivity index (χ0) is 27.4. The van der Waals surface area contributed by atoms with Gasteiger partial charge >= 0.3 is 0 Å². The van der Waals surface area contributed by atoms with Crippen molar-refractivity contribution in [3.63, 3.8) is 0 Å². The van der Waals surface area contributed by atoms with Crippen molar-refractivity contribution in [2.24, 2.45) is 0 Å². The fourth-order valence-corrected chi connectivity index (χ4v) is 6.24. The number of hydrogen-bond donors (Lipinski definition) is 3. The minimum absolute atomic E-state index is 0.100. The van der Waals surface area contributed by atoms with E-state index in [1.807, 2.05) is 18.2 Å². The van der Waals surface area contributed by atoms with Gasteiger partial charge in [0.2, 0.25) is 0 Å². The highest BCUT2D eigenvalue weighted by Gasteiger charge is 2.32. The predicted octanol–water partition coefficient (Wildman–Crippen LogP) is 6.15. The first-order valence-corrected chi connectivity index (χ1v) is 13.8. The Kier molecular flexibility index (Phi) is 6.13. The van der Waals surface area contributed by atoms with E-state index in [4.69, 9.17) is 4.74 Å². The maximum Gasteiger partial charge on any atom is 0.135 e. The summed E-state index contributed by atoms with van der Waals surface area (Å²) >= 11 is 0. The molecule has 7 heteroatoms. The summed E-state index contributed by atoms with van der Waals surface area (Å²) < 4.78 is 21.2. The van der Waals surface area contributed by atoms with Gasteiger partial charge in [0, 0.05) is 50.4 Å². The molecule has 3 N–H and O–H groups in total. The van der Waals surface area contributed by atoms with E-state index < -0.39 is 5.82 Å². The van der Waals surface area contributed by atoms with Crippen molar-refractivity contribution in [1.29, 1.82) is 0 Å². The molecule has 2 heterocycles. The second-order valence-electron chi connectivity index (χ2n) is 11.2. The fraction of sp³-hybridized carbons (Fsp3) is 0.273. The summed E-state index contributed by atoms with van der Waals surface area (Å²) in [7, 11) is 0. The van der Waals surface area contributed by atoms with Crippen molar-refractivity contribution in [3.8, 4) is 45.3 Å². The van der Waals surface area contributed by atoms with Crippen LogP contribution in [-0.4, -0.2) is 44.3 Å². The van der Waals surface area contributed by atoms with Gasteiger partial charge < -0.3 is 20.1 Å². The van der Waals surface area contributed by atoms with Gasteiger partial charge in [0.05, 0.1) is 0 Å². The summed E-state index contributed by atoms with van der Waals surface area (Å²) in [6.07, 6.45) is 2.42. The summed E-state index contributed by atoms with van der Waals surface area (Å²) in [5.41, 5.74) is 7.43. The van der Waals surface area contributed by atoms with Gasteiger partial charge in [-0.05, 0) is 94.3 Å². The molecule has 0 spiro atoms. The molecule has 1 aliphatic carbocycles. The quantitative estimate of drug-likeness (QED) is 0.283. The first-order chi connectivity index (χ1) is 19.4. The van der Waals surface area contributed by atoms with Crippen molar-refractivity contribution in [2.75, 3.05) is 13.2 Å². The van der Waals surface area contributed by atoms with Crippen molar-refractivity contribution in [2.45, 2.75) is 45.1 Å². The molecule has 3 aliphatic rings. The molecule has 4 aromatic rings. The molecule has 0 aromatic heterocycles. The monoisotopic (exact) mass is 538 g/mol. The number of ether oxygens (including phenoxy) is 1. The zero-order valence-electron chi connectivity index (χ0n) is 22.1. The lowest BCUT2D eigenvalue weighted by Gasteiger charge is -2.22. The van der Waals surface area contributed by atoms with Gasteiger partial charge in [-0.25, -0.2) is 4.39 Å². The Hall–Kier alpha value is -4.07. The summed E-state index contributed by atoms with van der Waals surface area (Å²) in [5, 5.41) is 30.3. The lowest BCUT2D eigenvalue weighted by molar-refractivity contribution is 0.197. The Morgan fingerprint density at radius 1 is 0.675 bits per heavy atom. The van der Waals surface area contributed by atoms with Gasteiger partial charge in [-0.15, -0.1) is 0 Å². The van der Waals surface area contributed by atoms with E-state index in [0.717, 1.165) is 47.2 Å². The van der Waals surface area contributed by atoms with Crippen LogP contribution in [0.2, 0.25) is 0 Å². The molecule has 204 valence electrons. The maximum absolute atomic E-state index is 15.0. The molecule has 40 heavy (non-hydrogen) atoms. The van der Waals surface area contributed by atoms with Crippen LogP contribution in [-0.2, 0) is 26.2 Å². The molecule has 6 nitrogen and oxygen atoms in total. The molecular weight excluding hydrogens is 507 g/mol. The zero-order valence-corrected chi connectivity index (χ0v) is 22.1. The number of fused-ring (bicyclic) bond motifs is 6. The predicted molar refractivity (Wildman–Crippen MR) is 151 cm³/mol. The average Bonchev–Trinajstić information content (AvgIpc) is 3.76. The topological polar surface area (TPSA) is 76.4 Å². The van der Waals surface area contributed by atoms with Crippen molar-refractivity contribution in [1.82, 2.24) is 9.80 Å². The van der Waals surface area contributed by atoms with Crippen LogP contribution in [0.15, 0.2) is 66.7 Å². The van der Waals surface area contributed by atoms with E-state index in [2.05, 4.69) is 21.9 Å². The number of phenolic OH excluding ortho intramolecular Hbond substituents is 3. The number of halogens is 1. The Balaban J connectivity index is 1.11. The molecule has 1 fully saturated rings. The van der Waals surface area contributed by atoms with E-state index in [1.165, 1.54) is 24.0 Å². The molecule has 0 radical (unpaired) electrons. The smallest absolute Gasteiger partial charge is 0.135 e. The lowest BCUT2D eigenvalue weighted by Crippen LogP contribution is -2.27. The van der Waals surface area contributed by atoms with E-state index in [0.29, 0.717) is 49.2 Å². The fourth-order valence-electron chi connectivity index (χ4n) is 6.24. The highest BCUT2D eigenvalue weighted by atomic mass is 19.1. The van der Waals surface area contributed by atoms with Gasteiger partial charge in [-0.3, -0.25) is 9.80 Å². The SMILES string of the molecule is Oc1ccc2c(c1)CN(C1CC1)Cc1cc(OCCN3Cc4cc(O)ccc4-c4c(F)cc(O)cc4C3)ccc1-2. The summed E-state index contributed by atoms with van der Waals surface area (Å²) in [5.74, 6) is 0.664. The third-order valence-electron chi connectivity index (χ3n) is 8.24. The number of aromatic hydroxyl groups is 3. The van der Waals surface area contributed by atoms with E-state index >= 15 is 0 Å². The molecule has 0 bridgehead atoms. The summed E-state index contributed by atoms with van der Waals surface area (Å²) in [6, 6.07) is 20.2. The molecular formula is C33H31FN2O4. The van der Waals surface area contributed by atoms with Gasteiger partial charge in [-0.1, -0.05) is 18.2 Å². The molecule has 0 unspecified atom stereocenters. The van der Waals surface area contributed by atoms with Crippen LogP contribution in [0.4, 0.5) is 4.39 Å². The third-order valence-corrected chi connectivity index (χ3v) is 8.24. The molecule has 1 saturated carbocycles. The highest BCUT2D eigenvalue weighted by Crippen LogP contribution is 2.41. The summed E-state index contributed by atoms with van der Waals surface area (Å²) in [6.45, 7) is 3.64. The summed E-state index contributed by atoms with van der Waals surface area (Å²) in [4.78, 5) is 4.63. The normalized spacial score (nSPS) is 16.7. The second kappa shape index (κ2) is 9.84. The minimum Gasteiger partial charge on any atom is -0.508 e. The van der Waals surface area contributed by atoms with Gasteiger partial charge in [0.25, 0.3) is 0 Å². The number of rotatable bonds is 5. The molecule has 0 saturated heterocycles. The van der Waals surface area contributed by atoms with Crippen LogP contribution in [0.3, 0.4) is 0 Å². The van der Waals surface area contributed by atoms with Crippen LogP contribution >= 0.6 is 0 Å². The van der Waals surface area contributed by atoms with E-state index in [1.54, 1.807) is 30.3 Å². The largest absolute Gasteiger partial charge is 0.508 e. The van der Waals surface area contributed by atoms with Crippen LogP contribution in [0.5, 0.6) is 23.0 Å². The highest BCUT2D eigenvalue weighted by molar-refractivity contribution is 5.74. The Morgan fingerprint density at radius 3 is 2.00 bits per heavy atom. The third kappa shape index (κ3) is 4.76. The van der Waals surface area contributed by atoms with Crippen molar-refractivity contribution >= 4 is 0 Å². The van der Waals surface area contributed by atoms with Crippen LogP contribution in [0.1, 0.15) is 35.1 Å². The second-order valence-corrected chi connectivity index (χ2v) is 11.2. The molecule has 0 amide bonds. The Bertz CT molecular complexity index is 1620. The minimum atomic E-state index is -0.470. The van der Waals surface area contributed by atoms with Gasteiger partial charge in [0.15, 0.2) is 0 Å². The Morgan fingerprint density at radius 2 is 1.27 bits per heavy atom. The number of hydrogen-bond acceptors (Lipinski definition) is 6. The number of phenols is 3. The molecule has 0 atom stereocenters. The van der Waals surface area contributed by atoms with E-state index in [-0.39, 0.29) is 11.5 Å². The molecule has 2 aliphatic heterocycles. The van der Waals surface area contributed by atoms with Gasteiger partial charge in [0.1, 0.15) is 35.4 Å². The first-order valence-electron chi connectivity index (χ1n) is 13.8. The first kappa shape index (κ1) is 24.9. The standard InChI is InChI=1S/C33H31FN2O4/c34-32-15-27(39)13-23-17-35(16-20-11-26(38)4-7-31(20)33(23)32)9-10-40-28-5-8-30-22(14-28)19-36(24-1-2-24)18-21-12-25(37)3-6-29(21)30/h3-8,11-15,24,37-39H,1-2,9-10,16-19H2. The van der Waals surface area contributed by atoms with Crippen molar-refractivity contribution < 1.29 is 24.4 Å². The van der Waals surface area contributed by atoms with Crippen LogP contribution in [0, 0.1) is 5.82 Å². The van der Waals surface area contributed by atoms with Crippen LogP contribution < -0.4 is 4.74 Å². The lowest BCUT2D eigenvalue weighted by atomic mass is 9.96. The van der Waals surface area contributed by atoms with Crippen LogP contribution in [0.25, 0.3) is 22.3 Å². The maximum atomic E-state index is 15.0. The van der Waals surface area contributed by atoms with Gasteiger partial charge in [-0.2, -0.15) is 0 Å². The number of benzene rings is 4. The molecule has 7 rings (SSSR count). The van der Waals surface area contributed by atoms with E-state index in [9.17, 15) is 19.7 Å². The molecule has 4 aromatic carbocycles.